The monoisotopic (exact) mass is 152 g/mol. The molecule has 0 amide bonds. The van der Waals surface area contributed by atoms with Crippen LogP contribution in [0.1, 0.15) is 10.4 Å². The normalized spacial score (nSPS) is 10.1. The molecule has 0 heterocycles. The first kappa shape index (κ1) is 7.87. The summed E-state index contributed by atoms with van der Waals surface area (Å²) in [6.45, 7) is 0. The van der Waals surface area contributed by atoms with E-state index in [0.717, 1.165) is 0 Å². The summed E-state index contributed by atoms with van der Waals surface area (Å²) in [7, 11) is 0. The van der Waals surface area contributed by atoms with Crippen molar-refractivity contribution in [3.05, 3.63) is 40.2 Å². The number of hydrogen-bond acceptors (Lipinski definition) is 3. The summed E-state index contributed by atoms with van der Waals surface area (Å²) in [5.41, 5.74) is 0.362. The molecule has 0 radical (unpaired) electrons. The van der Waals surface area contributed by atoms with Gasteiger partial charge in [-0.2, -0.15) is 0 Å². The van der Waals surface area contributed by atoms with E-state index in [-0.39, 0.29) is 5.69 Å². The first-order chi connectivity index (χ1) is 5.24. The van der Waals surface area contributed by atoms with Crippen LogP contribution in [0.4, 0.5) is 5.69 Å². The maximum atomic E-state index is 10.2. The third-order valence-corrected chi connectivity index (χ3v) is 1.26. The molecule has 0 aliphatic rings. The van der Waals surface area contributed by atoms with Crippen LogP contribution in [0.2, 0.25) is 0 Å². The lowest BCUT2D eigenvalue weighted by Gasteiger charge is -2.24. The minimum atomic E-state index is -1.27. The van der Waals surface area contributed by atoms with Gasteiger partial charge in [0.05, 0.1) is 0 Å². The Morgan fingerprint density at radius 3 is 2.64 bits per heavy atom. The number of rotatable bonds is 2. The van der Waals surface area contributed by atoms with Crippen molar-refractivity contribution < 1.29 is 10.0 Å². The molecule has 1 aromatic rings. The van der Waals surface area contributed by atoms with Gasteiger partial charge in [0.1, 0.15) is 12.0 Å². The first-order valence-corrected chi connectivity index (χ1v) is 3.00. The number of nitrogens with one attached hydrogen (secondary N) is 1. The quantitative estimate of drug-likeness (QED) is 0.479. The molecule has 0 saturated carbocycles. The maximum absolute atomic E-state index is 10.2. The van der Waals surface area contributed by atoms with E-state index in [1.807, 2.05) is 0 Å². The van der Waals surface area contributed by atoms with Crippen molar-refractivity contribution in [2.75, 3.05) is 0 Å². The molecule has 1 aromatic carbocycles. The van der Waals surface area contributed by atoms with Crippen molar-refractivity contribution >= 4 is 12.0 Å². The van der Waals surface area contributed by atoms with E-state index in [2.05, 4.69) is 0 Å². The number of benzene rings is 1. The summed E-state index contributed by atoms with van der Waals surface area (Å²) in [5, 5.41) is 19.2. The zero-order valence-electron chi connectivity index (χ0n) is 5.61. The minimum absolute atomic E-state index is 0.0228. The van der Waals surface area contributed by atoms with E-state index < -0.39 is 5.23 Å². The molecule has 0 aliphatic heterocycles. The van der Waals surface area contributed by atoms with Gasteiger partial charge in [0.15, 0.2) is 0 Å². The Labute approximate surface area is 63.2 Å². The van der Waals surface area contributed by atoms with Crippen LogP contribution in [0.15, 0.2) is 24.3 Å². The summed E-state index contributed by atoms with van der Waals surface area (Å²) in [4.78, 5) is 10.2. The molecule has 0 spiro atoms. The molecular formula is C7H6NO3-. The molecule has 0 aromatic heterocycles. The minimum Gasteiger partial charge on any atom is -0.628 e. The van der Waals surface area contributed by atoms with Crippen LogP contribution in [0.5, 0.6) is 0 Å². The van der Waals surface area contributed by atoms with Gasteiger partial charge in [-0.05, 0) is 6.07 Å². The third kappa shape index (κ3) is 1.84. The fourth-order valence-electron chi connectivity index (χ4n) is 0.739. The van der Waals surface area contributed by atoms with Crippen LogP contribution in [0.25, 0.3) is 0 Å². The van der Waals surface area contributed by atoms with Crippen LogP contribution in [-0.4, -0.2) is 6.29 Å². The number of quaternary nitrogens is 1. The van der Waals surface area contributed by atoms with E-state index in [1.165, 1.54) is 24.3 Å². The van der Waals surface area contributed by atoms with Crippen LogP contribution in [0.3, 0.4) is 0 Å². The molecule has 1 N–H and O–H groups in total. The second kappa shape index (κ2) is 3.25. The zero-order chi connectivity index (χ0) is 8.27. The molecule has 4 heteroatoms. The SMILES string of the molecule is O=Cc1cccc([NH+]([O-])[O-])c1. The maximum Gasteiger partial charge on any atom is 0.150 e. The van der Waals surface area contributed by atoms with Crippen molar-refractivity contribution in [2.45, 2.75) is 0 Å². The van der Waals surface area contributed by atoms with Gasteiger partial charge < -0.3 is 15.6 Å². The molecule has 0 atom stereocenters. The van der Waals surface area contributed by atoms with Crippen LogP contribution in [-0.2, 0) is 0 Å². The predicted molar refractivity (Wildman–Crippen MR) is 39.2 cm³/mol. The van der Waals surface area contributed by atoms with Gasteiger partial charge in [-0.25, -0.2) is 0 Å². The summed E-state index contributed by atoms with van der Waals surface area (Å²) in [6.07, 6.45) is 0.590. The summed E-state index contributed by atoms with van der Waals surface area (Å²) >= 11 is 0. The highest BCUT2D eigenvalue weighted by Crippen LogP contribution is 2.02. The van der Waals surface area contributed by atoms with Gasteiger partial charge in [-0.1, -0.05) is 12.1 Å². The molecule has 4 nitrogen and oxygen atoms in total. The molecule has 0 bridgehead atoms. The molecular weight excluding hydrogens is 146 g/mol. The van der Waals surface area contributed by atoms with E-state index in [1.54, 1.807) is 0 Å². The third-order valence-electron chi connectivity index (χ3n) is 1.26. The number of carbonyl (C=O) groups is 1. The zero-order valence-corrected chi connectivity index (χ0v) is 5.61. The molecule has 0 saturated heterocycles. The van der Waals surface area contributed by atoms with E-state index >= 15 is 0 Å². The molecule has 0 fully saturated rings. The Morgan fingerprint density at radius 1 is 1.36 bits per heavy atom. The van der Waals surface area contributed by atoms with Gasteiger partial charge in [0.25, 0.3) is 0 Å². The highest BCUT2D eigenvalue weighted by Gasteiger charge is 1.94. The fourth-order valence-corrected chi connectivity index (χ4v) is 0.739. The molecule has 1 rings (SSSR count). The van der Waals surface area contributed by atoms with Gasteiger partial charge in [0, 0.05) is 11.6 Å². The van der Waals surface area contributed by atoms with E-state index in [9.17, 15) is 15.2 Å². The highest BCUT2D eigenvalue weighted by atomic mass is 16.8. The highest BCUT2D eigenvalue weighted by molar-refractivity contribution is 5.75. The van der Waals surface area contributed by atoms with Gasteiger partial charge >= 0.3 is 0 Å². The Hall–Kier alpha value is -1.23. The van der Waals surface area contributed by atoms with Gasteiger partial charge in [-0.3, -0.25) is 4.79 Å². The van der Waals surface area contributed by atoms with E-state index in [4.69, 9.17) is 0 Å². The molecule has 58 valence electrons. The smallest absolute Gasteiger partial charge is 0.150 e. The average molecular weight is 152 g/mol. The second-order valence-electron chi connectivity index (χ2n) is 2.03. The molecule has 0 aliphatic carbocycles. The summed E-state index contributed by atoms with van der Waals surface area (Å²) in [6, 6.07) is 5.67. The topological polar surface area (TPSA) is 67.6 Å². The lowest BCUT2D eigenvalue weighted by atomic mass is 10.2. The van der Waals surface area contributed by atoms with Crippen molar-refractivity contribution in [1.82, 2.24) is 0 Å². The van der Waals surface area contributed by atoms with Crippen molar-refractivity contribution in [3.63, 3.8) is 0 Å². The molecule has 11 heavy (non-hydrogen) atoms. The van der Waals surface area contributed by atoms with Crippen molar-refractivity contribution in [3.8, 4) is 0 Å². The Morgan fingerprint density at radius 2 is 2.09 bits per heavy atom. The Bertz CT molecular complexity index is 260. The first-order valence-electron chi connectivity index (χ1n) is 3.00. The lowest BCUT2D eigenvalue weighted by molar-refractivity contribution is -0.715. The van der Waals surface area contributed by atoms with Gasteiger partial charge in [0.2, 0.25) is 0 Å². The Kier molecular flexibility index (Phi) is 2.32. The predicted octanol–water partition coefficient (Wildman–Crippen LogP) is 0.0111. The summed E-state index contributed by atoms with van der Waals surface area (Å²) < 4.78 is 0. The molecule has 0 unspecified atom stereocenters. The van der Waals surface area contributed by atoms with Crippen LogP contribution < -0.4 is 5.23 Å². The average Bonchev–Trinajstić information content (AvgIpc) is 2.05. The van der Waals surface area contributed by atoms with E-state index in [0.29, 0.717) is 11.8 Å². The largest absolute Gasteiger partial charge is 0.628 e. The number of carbonyl (C=O) groups excluding carboxylic acids is 1. The van der Waals surface area contributed by atoms with Crippen LogP contribution in [0, 0.1) is 10.4 Å². The summed E-state index contributed by atoms with van der Waals surface area (Å²) in [5.74, 6) is 0. The standard InChI is InChI=1S/C7H6NO3/c9-5-6-2-1-3-7(4-6)8(10)11/h1-5,8H/q-1. The lowest BCUT2D eigenvalue weighted by Crippen LogP contribution is -2.96. The Balaban J connectivity index is 3.00. The van der Waals surface area contributed by atoms with Crippen molar-refractivity contribution in [2.24, 2.45) is 0 Å². The van der Waals surface area contributed by atoms with Crippen LogP contribution >= 0.6 is 0 Å². The van der Waals surface area contributed by atoms with Gasteiger partial charge in [-0.15, -0.1) is 0 Å². The fraction of sp³-hybridized carbons (Fsp3) is 0. The number of aldehydes is 1. The second-order valence-corrected chi connectivity index (χ2v) is 2.03. The number of hydrogen-bond donors (Lipinski definition) is 1. The van der Waals surface area contributed by atoms with Crippen molar-refractivity contribution in [1.29, 1.82) is 0 Å².